The third kappa shape index (κ3) is 3.75. The molecule has 0 saturated carbocycles. The van der Waals surface area contributed by atoms with E-state index < -0.39 is 8.32 Å². The van der Waals surface area contributed by atoms with E-state index in [-0.39, 0.29) is 10.9 Å². The molecule has 138 valence electrons. The minimum atomic E-state index is -1.85. The minimum absolute atomic E-state index is 0.145. The summed E-state index contributed by atoms with van der Waals surface area (Å²) in [5, 5.41) is 4.93. The highest BCUT2D eigenvalue weighted by atomic mass is 79.9. The number of pyridine rings is 1. The predicted octanol–water partition coefficient (Wildman–Crippen LogP) is 5.84. The fourth-order valence-corrected chi connectivity index (χ4v) is 3.73. The monoisotopic (exact) mass is 435 g/mol. The van der Waals surface area contributed by atoms with Crippen molar-refractivity contribution in [3.05, 3.63) is 52.5 Å². The van der Waals surface area contributed by atoms with Gasteiger partial charge in [-0.05, 0) is 42.4 Å². The van der Waals surface area contributed by atoms with E-state index in [1.165, 1.54) is 12.3 Å². The summed E-state index contributed by atoms with van der Waals surface area (Å²) in [6.07, 6.45) is 1.53. The molecule has 0 aliphatic rings. The van der Waals surface area contributed by atoms with Gasteiger partial charge in [-0.2, -0.15) is 5.10 Å². The maximum absolute atomic E-state index is 14.1. The Morgan fingerprint density at radius 2 is 1.96 bits per heavy atom. The molecule has 26 heavy (non-hydrogen) atoms. The standard InChI is InChI=1S/C19H23BrFN3OSi/c1-19(2,3)26(4,5)25-12-14-7-6-8-18(23-14)24-17-10-13(20)9-16(21)15(17)11-22-24/h6-11H,12H2,1-5H3. The minimum Gasteiger partial charge on any atom is -0.411 e. The van der Waals surface area contributed by atoms with Gasteiger partial charge < -0.3 is 4.43 Å². The summed E-state index contributed by atoms with van der Waals surface area (Å²) >= 11 is 3.34. The van der Waals surface area contributed by atoms with Crippen LogP contribution in [0.5, 0.6) is 0 Å². The van der Waals surface area contributed by atoms with Crippen molar-refractivity contribution in [3.63, 3.8) is 0 Å². The largest absolute Gasteiger partial charge is 0.411 e. The maximum Gasteiger partial charge on any atom is 0.192 e. The van der Waals surface area contributed by atoms with Crippen LogP contribution in [0.3, 0.4) is 0 Å². The van der Waals surface area contributed by atoms with Crippen molar-refractivity contribution in [1.82, 2.24) is 14.8 Å². The molecule has 0 atom stereocenters. The Kier molecular flexibility index (Phi) is 5.07. The molecule has 0 radical (unpaired) electrons. The molecule has 0 spiro atoms. The first-order chi connectivity index (χ1) is 12.1. The van der Waals surface area contributed by atoms with Crippen molar-refractivity contribution in [3.8, 4) is 5.82 Å². The SMILES string of the molecule is CC(C)(C)[Si](C)(C)OCc1cccc(-n2ncc3c(F)cc(Br)cc32)n1. The molecule has 0 fully saturated rings. The van der Waals surface area contributed by atoms with E-state index >= 15 is 0 Å². The van der Waals surface area contributed by atoms with Crippen LogP contribution in [0.25, 0.3) is 16.7 Å². The third-order valence-corrected chi connectivity index (χ3v) is 9.94. The van der Waals surface area contributed by atoms with Gasteiger partial charge in [-0.15, -0.1) is 0 Å². The zero-order chi connectivity index (χ0) is 19.1. The van der Waals surface area contributed by atoms with Crippen molar-refractivity contribution in [1.29, 1.82) is 0 Å². The molecule has 0 amide bonds. The van der Waals surface area contributed by atoms with Crippen molar-refractivity contribution < 1.29 is 8.82 Å². The van der Waals surface area contributed by atoms with Crippen LogP contribution in [-0.2, 0) is 11.0 Å². The number of rotatable bonds is 4. The van der Waals surface area contributed by atoms with E-state index in [2.05, 4.69) is 59.9 Å². The summed E-state index contributed by atoms with van der Waals surface area (Å²) in [4.78, 5) is 4.67. The smallest absolute Gasteiger partial charge is 0.192 e. The second-order valence-corrected chi connectivity index (χ2v) is 13.6. The van der Waals surface area contributed by atoms with Crippen LogP contribution >= 0.6 is 15.9 Å². The van der Waals surface area contributed by atoms with Gasteiger partial charge in [-0.3, -0.25) is 0 Å². The van der Waals surface area contributed by atoms with Gasteiger partial charge in [0.1, 0.15) is 5.82 Å². The zero-order valence-electron chi connectivity index (χ0n) is 15.7. The van der Waals surface area contributed by atoms with Gasteiger partial charge in [0, 0.05) is 4.47 Å². The summed E-state index contributed by atoms with van der Waals surface area (Å²) in [6.45, 7) is 11.5. The maximum atomic E-state index is 14.1. The summed E-state index contributed by atoms with van der Waals surface area (Å²) < 4.78 is 22.7. The van der Waals surface area contributed by atoms with Crippen molar-refractivity contribution in [2.24, 2.45) is 0 Å². The van der Waals surface area contributed by atoms with Gasteiger partial charge >= 0.3 is 0 Å². The predicted molar refractivity (Wildman–Crippen MR) is 109 cm³/mol. The van der Waals surface area contributed by atoms with Crippen molar-refractivity contribution >= 4 is 35.2 Å². The fraction of sp³-hybridized carbons (Fsp3) is 0.368. The Bertz CT molecular complexity index is 950. The second-order valence-electron chi connectivity index (χ2n) is 7.91. The van der Waals surface area contributed by atoms with Crippen molar-refractivity contribution in [2.75, 3.05) is 0 Å². The first-order valence-corrected chi connectivity index (χ1v) is 12.2. The number of fused-ring (bicyclic) bond motifs is 1. The Hall–Kier alpha value is -1.57. The van der Waals surface area contributed by atoms with Gasteiger partial charge in [0.25, 0.3) is 0 Å². The van der Waals surface area contributed by atoms with Gasteiger partial charge in [-0.1, -0.05) is 42.8 Å². The lowest BCUT2D eigenvalue weighted by atomic mass is 10.2. The van der Waals surface area contributed by atoms with Crippen LogP contribution in [0.15, 0.2) is 41.0 Å². The zero-order valence-corrected chi connectivity index (χ0v) is 18.3. The number of halogens is 2. The molecule has 0 bridgehead atoms. The van der Waals surface area contributed by atoms with E-state index in [1.807, 2.05) is 24.3 Å². The number of hydrogen-bond donors (Lipinski definition) is 0. The highest BCUT2D eigenvalue weighted by Gasteiger charge is 2.37. The van der Waals surface area contributed by atoms with E-state index in [9.17, 15) is 4.39 Å². The topological polar surface area (TPSA) is 39.9 Å². The Morgan fingerprint density at radius 1 is 1.23 bits per heavy atom. The molecule has 0 saturated heterocycles. The molecule has 3 rings (SSSR count). The number of hydrogen-bond acceptors (Lipinski definition) is 3. The van der Waals surface area contributed by atoms with Crippen LogP contribution < -0.4 is 0 Å². The Balaban J connectivity index is 1.91. The quantitative estimate of drug-likeness (QED) is 0.482. The van der Waals surface area contributed by atoms with E-state index in [0.29, 0.717) is 27.8 Å². The number of nitrogens with zero attached hydrogens (tertiary/aromatic N) is 3. The fourth-order valence-electron chi connectivity index (χ4n) is 2.37. The first kappa shape index (κ1) is 19.2. The molecule has 0 aliphatic carbocycles. The van der Waals surface area contributed by atoms with Crippen LogP contribution in [0, 0.1) is 5.82 Å². The summed E-state index contributed by atoms with van der Waals surface area (Å²) in [6, 6.07) is 9.01. The molecular formula is C19H23BrFN3OSi. The second kappa shape index (κ2) is 6.87. The van der Waals surface area contributed by atoms with Gasteiger partial charge in [-0.25, -0.2) is 14.1 Å². The number of benzene rings is 1. The van der Waals surface area contributed by atoms with Crippen molar-refractivity contribution in [2.45, 2.75) is 45.5 Å². The average Bonchev–Trinajstić information content (AvgIpc) is 2.96. The molecule has 0 aliphatic heterocycles. The molecule has 2 heterocycles. The lowest BCUT2D eigenvalue weighted by Gasteiger charge is -2.36. The lowest BCUT2D eigenvalue weighted by Crippen LogP contribution is -2.40. The highest BCUT2D eigenvalue weighted by Crippen LogP contribution is 2.37. The molecule has 2 aromatic heterocycles. The molecular weight excluding hydrogens is 413 g/mol. The highest BCUT2D eigenvalue weighted by molar-refractivity contribution is 9.10. The van der Waals surface area contributed by atoms with Gasteiger partial charge in [0.05, 0.1) is 29.4 Å². The van der Waals surface area contributed by atoms with E-state index in [0.717, 1.165) is 5.69 Å². The molecule has 0 N–H and O–H groups in total. The van der Waals surface area contributed by atoms with E-state index in [4.69, 9.17) is 4.43 Å². The van der Waals surface area contributed by atoms with Crippen LogP contribution in [-0.4, -0.2) is 23.1 Å². The summed E-state index contributed by atoms with van der Waals surface area (Å²) in [7, 11) is -1.85. The number of aromatic nitrogens is 3. The third-order valence-electron chi connectivity index (χ3n) is 5.00. The first-order valence-electron chi connectivity index (χ1n) is 8.51. The van der Waals surface area contributed by atoms with Crippen LogP contribution in [0.2, 0.25) is 18.1 Å². The normalized spacial score (nSPS) is 12.7. The molecule has 7 heteroatoms. The average molecular weight is 436 g/mol. The lowest BCUT2D eigenvalue weighted by molar-refractivity contribution is 0.272. The van der Waals surface area contributed by atoms with Gasteiger partial charge in [0.15, 0.2) is 14.1 Å². The van der Waals surface area contributed by atoms with E-state index in [1.54, 1.807) is 4.68 Å². The summed E-state index contributed by atoms with van der Waals surface area (Å²) in [5.41, 5.74) is 1.51. The summed E-state index contributed by atoms with van der Waals surface area (Å²) in [5.74, 6) is 0.340. The molecule has 3 aromatic rings. The van der Waals surface area contributed by atoms with Crippen LogP contribution in [0.1, 0.15) is 26.5 Å². The van der Waals surface area contributed by atoms with Gasteiger partial charge in [0.2, 0.25) is 0 Å². The van der Waals surface area contributed by atoms with Crippen LogP contribution in [0.4, 0.5) is 4.39 Å². The molecule has 4 nitrogen and oxygen atoms in total. The molecule has 0 unspecified atom stereocenters. The Morgan fingerprint density at radius 3 is 2.65 bits per heavy atom. The Labute approximate surface area is 162 Å². The molecule has 1 aromatic carbocycles.